The van der Waals surface area contributed by atoms with Gasteiger partial charge in [-0.2, -0.15) is 0 Å². The van der Waals surface area contributed by atoms with Crippen molar-refractivity contribution < 1.29 is 0 Å². The Balaban J connectivity index is 2.23. The van der Waals surface area contributed by atoms with Gasteiger partial charge in [0.25, 0.3) is 5.56 Å². The van der Waals surface area contributed by atoms with Crippen molar-refractivity contribution in [1.82, 2.24) is 9.55 Å². The van der Waals surface area contributed by atoms with Crippen molar-refractivity contribution in [2.24, 2.45) is 5.73 Å². The molecule has 0 spiro atoms. The maximum Gasteiger partial charge on any atom is 0.293 e. The van der Waals surface area contributed by atoms with Crippen LogP contribution in [0, 0.1) is 0 Å². The van der Waals surface area contributed by atoms with Crippen LogP contribution in [-0.4, -0.2) is 16.6 Å². The van der Waals surface area contributed by atoms with E-state index in [1.54, 1.807) is 17.0 Å². The third kappa shape index (κ3) is 3.05. The lowest BCUT2D eigenvalue weighted by atomic mass is 10.1. The van der Waals surface area contributed by atoms with Crippen molar-refractivity contribution in [3.63, 3.8) is 0 Å². The normalized spacial score (nSPS) is 10.6. The zero-order valence-electron chi connectivity index (χ0n) is 11.9. The van der Waals surface area contributed by atoms with Crippen LogP contribution in [-0.2, 0) is 19.6 Å². The van der Waals surface area contributed by atoms with Gasteiger partial charge < -0.3 is 15.2 Å². The predicted molar refractivity (Wildman–Crippen MR) is 80.6 cm³/mol. The Labute approximate surface area is 118 Å². The molecule has 0 saturated carbocycles. The lowest BCUT2D eigenvalue weighted by molar-refractivity contribution is 0.708. The zero-order chi connectivity index (χ0) is 14.5. The number of benzene rings is 1. The summed E-state index contributed by atoms with van der Waals surface area (Å²) in [6.07, 6.45) is 3.36. The Hall–Kier alpha value is -2.14. The molecule has 0 fully saturated rings. The first-order valence-electron chi connectivity index (χ1n) is 6.70. The summed E-state index contributed by atoms with van der Waals surface area (Å²) < 4.78 is 1.65. The fourth-order valence-electron chi connectivity index (χ4n) is 2.15. The summed E-state index contributed by atoms with van der Waals surface area (Å²) in [5, 5.41) is 0. The van der Waals surface area contributed by atoms with Crippen molar-refractivity contribution in [1.29, 1.82) is 0 Å². The minimum absolute atomic E-state index is 0.0625. The van der Waals surface area contributed by atoms with E-state index < -0.39 is 0 Å². The highest BCUT2D eigenvalue weighted by Gasteiger charge is 2.10. The smallest absolute Gasteiger partial charge is 0.293 e. The maximum absolute atomic E-state index is 12.2. The van der Waals surface area contributed by atoms with E-state index in [-0.39, 0.29) is 5.56 Å². The molecule has 1 aromatic carbocycles. The summed E-state index contributed by atoms with van der Waals surface area (Å²) in [7, 11) is 1.87. The molecule has 2 N–H and O–H groups in total. The highest BCUT2D eigenvalue weighted by Crippen LogP contribution is 2.10. The Bertz CT molecular complexity index is 636. The van der Waals surface area contributed by atoms with Crippen molar-refractivity contribution >= 4 is 5.82 Å². The number of hydrogen-bond acceptors (Lipinski definition) is 4. The molecule has 5 heteroatoms. The van der Waals surface area contributed by atoms with Crippen LogP contribution < -0.4 is 16.2 Å². The van der Waals surface area contributed by atoms with E-state index in [9.17, 15) is 4.79 Å². The number of aromatic nitrogens is 2. The lowest BCUT2D eigenvalue weighted by Crippen LogP contribution is -2.30. The second kappa shape index (κ2) is 6.34. The van der Waals surface area contributed by atoms with E-state index in [4.69, 9.17) is 5.73 Å². The number of nitrogens with zero attached hydrogens (tertiary/aromatic N) is 3. The highest BCUT2D eigenvalue weighted by molar-refractivity contribution is 5.36. The summed E-state index contributed by atoms with van der Waals surface area (Å²) in [6, 6.07) is 8.05. The molecule has 20 heavy (non-hydrogen) atoms. The minimum Gasteiger partial charge on any atom is -0.351 e. The van der Waals surface area contributed by atoms with Crippen LogP contribution in [0.25, 0.3) is 0 Å². The van der Waals surface area contributed by atoms with Gasteiger partial charge in [-0.15, -0.1) is 0 Å². The standard InChI is InChI=1S/C15H20N4O/c1-3-19-8-7-17-14(15(19)20)18(2)11-13-6-4-5-12(9-13)10-16/h4-9H,3,10-11,16H2,1-2H3. The Morgan fingerprint density at radius 2 is 2.10 bits per heavy atom. The monoisotopic (exact) mass is 272 g/mol. The number of hydrogen-bond donors (Lipinski definition) is 1. The molecule has 2 rings (SSSR count). The third-order valence-electron chi connectivity index (χ3n) is 3.24. The highest BCUT2D eigenvalue weighted by atomic mass is 16.1. The summed E-state index contributed by atoms with van der Waals surface area (Å²) in [4.78, 5) is 18.3. The van der Waals surface area contributed by atoms with Gasteiger partial charge >= 0.3 is 0 Å². The number of anilines is 1. The van der Waals surface area contributed by atoms with Gasteiger partial charge in [0.15, 0.2) is 5.82 Å². The van der Waals surface area contributed by atoms with E-state index >= 15 is 0 Å². The summed E-state index contributed by atoms with van der Waals surface area (Å²) >= 11 is 0. The Morgan fingerprint density at radius 3 is 2.80 bits per heavy atom. The van der Waals surface area contributed by atoms with E-state index in [2.05, 4.69) is 11.1 Å². The van der Waals surface area contributed by atoms with Crippen molar-refractivity contribution in [3.05, 3.63) is 58.1 Å². The molecule has 5 nitrogen and oxygen atoms in total. The molecule has 0 aliphatic rings. The van der Waals surface area contributed by atoms with Gasteiger partial charge in [0.05, 0.1) is 0 Å². The van der Waals surface area contributed by atoms with Gasteiger partial charge in [-0.1, -0.05) is 24.3 Å². The first kappa shape index (κ1) is 14.3. The van der Waals surface area contributed by atoms with Crippen LogP contribution in [0.2, 0.25) is 0 Å². The number of nitrogens with two attached hydrogens (primary N) is 1. The molecule has 2 aromatic rings. The number of aryl methyl sites for hydroxylation is 1. The average Bonchev–Trinajstić information content (AvgIpc) is 2.47. The van der Waals surface area contributed by atoms with Gasteiger partial charge in [-0.3, -0.25) is 4.79 Å². The summed E-state index contributed by atoms with van der Waals surface area (Å²) in [6.45, 7) is 3.73. The summed E-state index contributed by atoms with van der Waals surface area (Å²) in [5.74, 6) is 0.465. The van der Waals surface area contributed by atoms with Gasteiger partial charge in [0.2, 0.25) is 0 Å². The third-order valence-corrected chi connectivity index (χ3v) is 3.24. The molecule has 0 aliphatic heterocycles. The molecule has 0 radical (unpaired) electrons. The fourth-order valence-corrected chi connectivity index (χ4v) is 2.15. The van der Waals surface area contributed by atoms with E-state index in [0.29, 0.717) is 25.5 Å². The van der Waals surface area contributed by atoms with Crippen LogP contribution in [0.15, 0.2) is 41.5 Å². The minimum atomic E-state index is -0.0625. The second-order valence-corrected chi connectivity index (χ2v) is 4.72. The lowest BCUT2D eigenvalue weighted by Gasteiger charge is -2.18. The van der Waals surface area contributed by atoms with E-state index in [1.807, 2.05) is 37.1 Å². The average molecular weight is 272 g/mol. The summed E-state index contributed by atoms with van der Waals surface area (Å²) in [5.41, 5.74) is 7.78. The van der Waals surface area contributed by atoms with E-state index in [0.717, 1.165) is 11.1 Å². The Morgan fingerprint density at radius 1 is 1.35 bits per heavy atom. The van der Waals surface area contributed by atoms with Gasteiger partial charge in [0, 0.05) is 39.1 Å². The van der Waals surface area contributed by atoms with Crippen molar-refractivity contribution in [2.45, 2.75) is 26.6 Å². The largest absolute Gasteiger partial charge is 0.351 e. The molecule has 0 aliphatic carbocycles. The molecule has 0 saturated heterocycles. The van der Waals surface area contributed by atoms with Crippen LogP contribution in [0.5, 0.6) is 0 Å². The predicted octanol–water partition coefficient (Wildman–Crippen LogP) is 1.36. The molecular weight excluding hydrogens is 252 g/mol. The van der Waals surface area contributed by atoms with E-state index in [1.165, 1.54) is 0 Å². The second-order valence-electron chi connectivity index (χ2n) is 4.72. The molecular formula is C15H20N4O. The first-order chi connectivity index (χ1) is 9.65. The molecule has 0 atom stereocenters. The molecule has 1 aromatic heterocycles. The van der Waals surface area contributed by atoms with Gasteiger partial charge in [0.1, 0.15) is 0 Å². The SMILES string of the molecule is CCn1ccnc(N(C)Cc2cccc(CN)c2)c1=O. The van der Waals surface area contributed by atoms with Crippen molar-refractivity contribution in [2.75, 3.05) is 11.9 Å². The molecule has 0 unspecified atom stereocenters. The fraction of sp³-hybridized carbons (Fsp3) is 0.333. The molecule has 0 bridgehead atoms. The topological polar surface area (TPSA) is 64.2 Å². The van der Waals surface area contributed by atoms with Crippen LogP contribution in [0.3, 0.4) is 0 Å². The first-order valence-corrected chi connectivity index (χ1v) is 6.70. The molecule has 1 heterocycles. The van der Waals surface area contributed by atoms with Crippen molar-refractivity contribution in [3.8, 4) is 0 Å². The molecule has 0 amide bonds. The molecule has 106 valence electrons. The maximum atomic E-state index is 12.2. The van der Waals surface area contributed by atoms with Gasteiger partial charge in [-0.05, 0) is 18.1 Å². The van der Waals surface area contributed by atoms with Crippen LogP contribution >= 0.6 is 0 Å². The van der Waals surface area contributed by atoms with Gasteiger partial charge in [-0.25, -0.2) is 4.98 Å². The zero-order valence-corrected chi connectivity index (χ0v) is 11.9. The quantitative estimate of drug-likeness (QED) is 0.892. The number of rotatable bonds is 5. The Kier molecular flexibility index (Phi) is 4.53. The van der Waals surface area contributed by atoms with Crippen LogP contribution in [0.1, 0.15) is 18.1 Å². The van der Waals surface area contributed by atoms with Crippen LogP contribution in [0.4, 0.5) is 5.82 Å².